The Morgan fingerprint density at radius 3 is 2.71 bits per heavy atom. The van der Waals surface area contributed by atoms with Gasteiger partial charge >= 0.3 is 6.03 Å². The van der Waals surface area contributed by atoms with Crippen LogP contribution in [0, 0.1) is 0 Å². The maximum atomic E-state index is 10.4. The van der Waals surface area contributed by atoms with Crippen LogP contribution in [0.3, 0.4) is 0 Å². The number of aromatic hydroxyl groups is 1. The molecule has 0 saturated carbocycles. The Bertz CT molecular complexity index is 445. The van der Waals surface area contributed by atoms with E-state index in [1.54, 1.807) is 0 Å². The first kappa shape index (κ1) is 12.6. The number of primary amides is 1. The van der Waals surface area contributed by atoms with Gasteiger partial charge in [0, 0.05) is 11.6 Å². The molecule has 7 nitrogen and oxygen atoms in total. The molecule has 0 saturated heterocycles. The van der Waals surface area contributed by atoms with Gasteiger partial charge in [-0.15, -0.1) is 0 Å². The van der Waals surface area contributed by atoms with Crippen LogP contribution in [0.2, 0.25) is 0 Å². The molecule has 1 aromatic carbocycles. The second kappa shape index (κ2) is 5.59. The van der Waals surface area contributed by atoms with Crippen LogP contribution in [0.5, 0.6) is 17.2 Å². The van der Waals surface area contributed by atoms with Crippen LogP contribution >= 0.6 is 0 Å². The largest absolute Gasteiger partial charge is 0.504 e. The molecule has 0 heterocycles. The van der Waals surface area contributed by atoms with Crippen LogP contribution in [0.25, 0.3) is 0 Å². The normalized spacial score (nSPS) is 10.2. The van der Waals surface area contributed by atoms with Crippen molar-refractivity contribution in [3.8, 4) is 17.2 Å². The molecule has 0 aromatic heterocycles. The first-order valence-corrected chi connectivity index (χ1v) is 4.62. The number of hydrogen-bond acceptors (Lipinski definition) is 5. The predicted molar refractivity (Wildman–Crippen MR) is 61.5 cm³/mol. The monoisotopic (exact) mass is 239 g/mol. The lowest BCUT2D eigenvalue weighted by Gasteiger charge is -2.08. The quantitative estimate of drug-likeness (QED) is 0.522. The third-order valence-corrected chi connectivity index (χ3v) is 1.91. The van der Waals surface area contributed by atoms with E-state index < -0.39 is 6.03 Å². The molecule has 0 atom stereocenters. The number of methoxy groups -OCH3 is 2. The number of urea groups is 1. The highest BCUT2D eigenvalue weighted by atomic mass is 16.5. The van der Waals surface area contributed by atoms with Crippen molar-refractivity contribution in [2.24, 2.45) is 10.8 Å². The zero-order chi connectivity index (χ0) is 12.8. The van der Waals surface area contributed by atoms with Crippen molar-refractivity contribution in [2.45, 2.75) is 0 Å². The lowest BCUT2D eigenvalue weighted by Crippen LogP contribution is -2.24. The fourth-order valence-corrected chi connectivity index (χ4v) is 1.14. The van der Waals surface area contributed by atoms with Crippen molar-refractivity contribution in [2.75, 3.05) is 14.2 Å². The fraction of sp³-hybridized carbons (Fsp3) is 0.200. The minimum atomic E-state index is -0.796. The number of nitrogens with two attached hydrogens (primary N) is 1. The van der Waals surface area contributed by atoms with E-state index in [2.05, 4.69) is 5.10 Å². The summed E-state index contributed by atoms with van der Waals surface area (Å²) < 4.78 is 9.97. The van der Waals surface area contributed by atoms with Crippen LogP contribution in [-0.4, -0.2) is 31.6 Å². The lowest BCUT2D eigenvalue weighted by molar-refractivity contribution is 0.249. The predicted octanol–water partition coefficient (Wildman–Crippen LogP) is 0.412. The second-order valence-electron chi connectivity index (χ2n) is 3.00. The minimum Gasteiger partial charge on any atom is -0.504 e. The van der Waals surface area contributed by atoms with Gasteiger partial charge in [-0.2, -0.15) is 5.10 Å². The number of amides is 2. The third-order valence-electron chi connectivity index (χ3n) is 1.91. The van der Waals surface area contributed by atoms with E-state index in [0.29, 0.717) is 11.3 Å². The van der Waals surface area contributed by atoms with Crippen molar-refractivity contribution in [3.63, 3.8) is 0 Å². The highest BCUT2D eigenvalue weighted by Crippen LogP contribution is 2.33. The summed E-state index contributed by atoms with van der Waals surface area (Å²) in [6.45, 7) is 0. The van der Waals surface area contributed by atoms with Crippen LogP contribution < -0.4 is 20.6 Å². The van der Waals surface area contributed by atoms with Gasteiger partial charge in [-0.05, 0) is 6.07 Å². The zero-order valence-corrected chi connectivity index (χ0v) is 9.43. The molecule has 0 aliphatic rings. The van der Waals surface area contributed by atoms with Crippen LogP contribution in [0.1, 0.15) is 5.56 Å². The summed E-state index contributed by atoms with van der Waals surface area (Å²) in [4.78, 5) is 10.4. The number of ether oxygens (including phenoxy) is 2. The molecule has 4 N–H and O–H groups in total. The molecule has 0 unspecified atom stereocenters. The molecule has 0 fully saturated rings. The van der Waals surface area contributed by atoms with E-state index in [9.17, 15) is 9.90 Å². The second-order valence-corrected chi connectivity index (χ2v) is 3.00. The third kappa shape index (κ3) is 3.26. The maximum absolute atomic E-state index is 10.4. The van der Waals surface area contributed by atoms with Gasteiger partial charge < -0.3 is 20.3 Å². The number of carbonyl (C=O) groups excluding carboxylic acids is 1. The van der Waals surface area contributed by atoms with E-state index in [1.807, 2.05) is 5.43 Å². The molecule has 0 bridgehead atoms. The molecule has 0 radical (unpaired) electrons. The van der Waals surface area contributed by atoms with Gasteiger partial charge in [0.1, 0.15) is 5.75 Å². The lowest BCUT2D eigenvalue weighted by atomic mass is 10.2. The van der Waals surface area contributed by atoms with Crippen molar-refractivity contribution >= 4 is 12.2 Å². The van der Waals surface area contributed by atoms with Gasteiger partial charge in [-0.1, -0.05) is 0 Å². The number of nitrogens with one attached hydrogen (secondary N) is 1. The van der Waals surface area contributed by atoms with Gasteiger partial charge in [-0.25, -0.2) is 10.2 Å². The summed E-state index contributed by atoms with van der Waals surface area (Å²) >= 11 is 0. The number of phenols is 1. The van der Waals surface area contributed by atoms with Crippen molar-refractivity contribution in [1.82, 2.24) is 5.43 Å². The molecule has 7 heteroatoms. The first-order valence-electron chi connectivity index (χ1n) is 4.62. The number of benzene rings is 1. The Morgan fingerprint density at radius 2 is 2.18 bits per heavy atom. The Balaban J connectivity index is 3.04. The summed E-state index contributed by atoms with van der Waals surface area (Å²) in [5.41, 5.74) is 7.17. The highest BCUT2D eigenvalue weighted by molar-refractivity contribution is 5.86. The molecular formula is C10H13N3O4. The molecule has 92 valence electrons. The van der Waals surface area contributed by atoms with Gasteiger partial charge in [0.05, 0.1) is 20.4 Å². The number of hydrogen-bond donors (Lipinski definition) is 3. The Morgan fingerprint density at radius 1 is 1.47 bits per heavy atom. The van der Waals surface area contributed by atoms with Crippen LogP contribution in [-0.2, 0) is 0 Å². The molecule has 2 amide bonds. The fourth-order valence-electron chi connectivity index (χ4n) is 1.14. The molecule has 1 aromatic rings. The number of nitrogens with zero attached hydrogens (tertiary/aromatic N) is 1. The smallest absolute Gasteiger partial charge is 0.332 e. The standard InChI is InChI=1S/C10H13N3O4/c1-16-7-3-6(5-12-13-10(11)15)9(14)8(4-7)17-2/h3-5,14H,1-2H3,(H3,11,13,15). The maximum Gasteiger partial charge on any atom is 0.332 e. The van der Waals surface area contributed by atoms with Crippen LogP contribution in [0.15, 0.2) is 17.2 Å². The zero-order valence-electron chi connectivity index (χ0n) is 9.43. The molecular weight excluding hydrogens is 226 g/mol. The summed E-state index contributed by atoms with van der Waals surface area (Å²) in [5, 5.41) is 13.3. The topological polar surface area (TPSA) is 106 Å². The molecule has 0 aliphatic carbocycles. The van der Waals surface area contributed by atoms with Crippen molar-refractivity contribution < 1.29 is 19.4 Å². The van der Waals surface area contributed by atoms with Gasteiger partial charge in [0.15, 0.2) is 11.5 Å². The summed E-state index contributed by atoms with van der Waals surface area (Å²) in [6.07, 6.45) is 1.23. The Labute approximate surface area is 97.8 Å². The van der Waals surface area contributed by atoms with Crippen molar-refractivity contribution in [1.29, 1.82) is 0 Å². The minimum absolute atomic E-state index is 0.108. The Kier molecular flexibility index (Phi) is 4.15. The molecule has 1 rings (SSSR count). The highest BCUT2D eigenvalue weighted by Gasteiger charge is 2.09. The molecule has 17 heavy (non-hydrogen) atoms. The summed E-state index contributed by atoms with van der Waals surface area (Å²) in [5.74, 6) is 0.619. The van der Waals surface area contributed by atoms with E-state index >= 15 is 0 Å². The number of carbonyl (C=O) groups is 1. The number of rotatable bonds is 4. The van der Waals surface area contributed by atoms with Gasteiger partial charge in [-0.3, -0.25) is 0 Å². The SMILES string of the molecule is COc1cc(C=NNC(N)=O)c(O)c(OC)c1. The average Bonchev–Trinajstić information content (AvgIpc) is 2.31. The first-order chi connectivity index (χ1) is 8.08. The van der Waals surface area contributed by atoms with E-state index in [-0.39, 0.29) is 11.5 Å². The van der Waals surface area contributed by atoms with E-state index in [1.165, 1.54) is 32.6 Å². The van der Waals surface area contributed by atoms with Gasteiger partial charge in [0.25, 0.3) is 0 Å². The van der Waals surface area contributed by atoms with Crippen molar-refractivity contribution in [3.05, 3.63) is 17.7 Å². The number of hydrazone groups is 1. The molecule has 0 aliphatic heterocycles. The average molecular weight is 239 g/mol. The van der Waals surface area contributed by atoms with Crippen LogP contribution in [0.4, 0.5) is 4.79 Å². The Hall–Kier alpha value is -2.44. The number of phenolic OH excluding ortho intramolecular Hbond substituents is 1. The summed E-state index contributed by atoms with van der Waals surface area (Å²) in [6, 6.07) is 2.26. The van der Waals surface area contributed by atoms with Gasteiger partial charge in [0.2, 0.25) is 0 Å². The molecule has 0 spiro atoms. The van der Waals surface area contributed by atoms with E-state index in [0.717, 1.165) is 0 Å². The van der Waals surface area contributed by atoms with E-state index in [4.69, 9.17) is 15.2 Å². The summed E-state index contributed by atoms with van der Waals surface area (Å²) in [7, 11) is 2.89.